The fourth-order valence-corrected chi connectivity index (χ4v) is 7.41. The molecule has 0 atom stereocenters. The van der Waals surface area contributed by atoms with Gasteiger partial charge in [0, 0.05) is 24.6 Å². The second kappa shape index (κ2) is 7.19. The fourth-order valence-electron chi connectivity index (χ4n) is 7.41. The lowest BCUT2D eigenvalue weighted by Gasteiger charge is -2.56. The van der Waals surface area contributed by atoms with Crippen molar-refractivity contribution in [2.24, 2.45) is 17.8 Å². The van der Waals surface area contributed by atoms with Crippen molar-refractivity contribution in [2.75, 3.05) is 13.1 Å². The maximum atomic E-state index is 14.1. The summed E-state index contributed by atoms with van der Waals surface area (Å²) in [4.78, 5) is 19.5. The Bertz CT molecular complexity index is 1020. The molecule has 1 saturated heterocycles. The predicted molar refractivity (Wildman–Crippen MR) is 112 cm³/mol. The molecule has 172 valence electrons. The van der Waals surface area contributed by atoms with Crippen molar-refractivity contribution in [1.29, 1.82) is 0 Å². The van der Waals surface area contributed by atoms with E-state index in [4.69, 9.17) is 4.98 Å². The van der Waals surface area contributed by atoms with Crippen LogP contribution in [0, 0.1) is 17.8 Å². The van der Waals surface area contributed by atoms with Gasteiger partial charge in [0.15, 0.2) is 11.3 Å². The van der Waals surface area contributed by atoms with Crippen molar-refractivity contribution in [3.05, 3.63) is 29.2 Å². The average Bonchev–Trinajstić information content (AvgIpc) is 2.97. The average molecular weight is 447 g/mol. The minimum atomic E-state index is -4.56. The van der Waals surface area contributed by atoms with E-state index in [0.717, 1.165) is 49.5 Å². The number of rotatable bonds is 2. The lowest BCUT2D eigenvalue weighted by Crippen LogP contribution is -2.49. The molecule has 1 amide bonds. The minimum absolute atomic E-state index is 0.0626. The van der Waals surface area contributed by atoms with Gasteiger partial charge in [0.2, 0.25) is 0 Å². The molecule has 0 radical (unpaired) electrons. The molecule has 32 heavy (non-hydrogen) atoms. The molecule has 5 fully saturated rings. The molecule has 4 aliphatic carbocycles. The Morgan fingerprint density at radius 2 is 1.53 bits per heavy atom. The van der Waals surface area contributed by atoms with Gasteiger partial charge in [0.25, 0.3) is 5.91 Å². The summed E-state index contributed by atoms with van der Waals surface area (Å²) in [5.74, 6) is 1.54. The van der Waals surface area contributed by atoms with Crippen LogP contribution in [-0.4, -0.2) is 38.5 Å². The summed E-state index contributed by atoms with van der Waals surface area (Å²) in [5.41, 5.74) is -0.306. The summed E-state index contributed by atoms with van der Waals surface area (Å²) in [7, 11) is 0. The number of alkyl halides is 3. The SMILES string of the molecule is O=C(c1cc2nc(C34CC5CC(CC(C5)C3)C4)cc(C(F)(F)F)n2n1)N1CCCCCC1. The van der Waals surface area contributed by atoms with Gasteiger partial charge in [-0.15, -0.1) is 0 Å². The standard InChI is InChI=1S/C24H29F3N4O/c25-24(26,27)20-11-19(23-12-15-7-16(13-23)9-17(8-15)14-23)28-21-10-18(29-31(20)21)22(32)30-5-3-1-2-4-6-30/h10-11,15-17H,1-9,12-14H2. The summed E-state index contributed by atoms with van der Waals surface area (Å²) in [6.07, 6.45) is 5.88. The number of hydrogen-bond acceptors (Lipinski definition) is 3. The molecule has 0 N–H and O–H groups in total. The van der Waals surface area contributed by atoms with E-state index in [-0.39, 0.29) is 22.7 Å². The normalized spacial score (nSPS) is 32.5. The van der Waals surface area contributed by atoms with Crippen molar-refractivity contribution in [2.45, 2.75) is 75.8 Å². The molecule has 0 spiro atoms. The number of carbonyl (C=O) groups is 1. The van der Waals surface area contributed by atoms with Gasteiger partial charge in [-0.2, -0.15) is 18.3 Å². The highest BCUT2D eigenvalue weighted by Crippen LogP contribution is 2.60. The highest BCUT2D eigenvalue weighted by Gasteiger charge is 2.53. The van der Waals surface area contributed by atoms with Crippen molar-refractivity contribution in [3.63, 3.8) is 0 Å². The van der Waals surface area contributed by atoms with Gasteiger partial charge in [-0.25, -0.2) is 9.50 Å². The summed E-state index contributed by atoms with van der Waals surface area (Å²) in [5, 5.41) is 4.12. The summed E-state index contributed by atoms with van der Waals surface area (Å²) in [6.45, 7) is 1.26. The first-order valence-corrected chi connectivity index (χ1v) is 12.1. The van der Waals surface area contributed by atoms with Crippen molar-refractivity contribution in [3.8, 4) is 0 Å². The van der Waals surface area contributed by atoms with Crippen LogP contribution in [0.4, 0.5) is 13.2 Å². The number of carbonyl (C=O) groups excluding carboxylic acids is 1. The Morgan fingerprint density at radius 3 is 2.09 bits per heavy atom. The van der Waals surface area contributed by atoms with E-state index in [9.17, 15) is 18.0 Å². The Balaban J connectivity index is 1.43. The number of amides is 1. The van der Waals surface area contributed by atoms with Gasteiger partial charge in [-0.3, -0.25) is 4.79 Å². The van der Waals surface area contributed by atoms with Crippen LogP contribution < -0.4 is 0 Å². The molecule has 8 heteroatoms. The zero-order valence-electron chi connectivity index (χ0n) is 18.2. The lowest BCUT2D eigenvalue weighted by molar-refractivity contribution is -0.142. The molecule has 1 aliphatic heterocycles. The van der Waals surface area contributed by atoms with E-state index in [1.165, 1.54) is 31.4 Å². The number of fused-ring (bicyclic) bond motifs is 1. The molecule has 5 aliphatic rings. The maximum Gasteiger partial charge on any atom is 0.433 e. The molecule has 4 saturated carbocycles. The molecule has 7 rings (SSSR count). The van der Waals surface area contributed by atoms with Crippen LogP contribution >= 0.6 is 0 Å². The van der Waals surface area contributed by atoms with Crippen LogP contribution in [0.2, 0.25) is 0 Å². The zero-order chi connectivity index (χ0) is 22.1. The third kappa shape index (κ3) is 3.32. The van der Waals surface area contributed by atoms with Crippen LogP contribution in [0.1, 0.15) is 86.1 Å². The minimum Gasteiger partial charge on any atom is -0.337 e. The zero-order valence-corrected chi connectivity index (χ0v) is 18.2. The Kier molecular flexibility index (Phi) is 4.60. The molecule has 0 unspecified atom stereocenters. The molecule has 2 aromatic rings. The van der Waals surface area contributed by atoms with Crippen molar-refractivity contribution >= 4 is 11.6 Å². The Labute approximate surface area is 185 Å². The van der Waals surface area contributed by atoms with Crippen LogP contribution in [0.3, 0.4) is 0 Å². The summed E-state index contributed by atoms with van der Waals surface area (Å²) in [6, 6.07) is 2.69. The van der Waals surface area contributed by atoms with Crippen LogP contribution in [-0.2, 0) is 11.6 Å². The molecular formula is C24H29F3N4O. The topological polar surface area (TPSA) is 50.5 Å². The Hall–Kier alpha value is -2.12. The monoisotopic (exact) mass is 446 g/mol. The van der Waals surface area contributed by atoms with Gasteiger partial charge < -0.3 is 4.90 Å². The molecule has 0 aromatic carbocycles. The van der Waals surface area contributed by atoms with E-state index in [2.05, 4.69) is 5.10 Å². The number of nitrogens with zero attached hydrogens (tertiary/aromatic N) is 4. The van der Waals surface area contributed by atoms with Gasteiger partial charge in [-0.05, 0) is 75.2 Å². The number of hydrogen-bond donors (Lipinski definition) is 0. The number of likely N-dealkylation sites (tertiary alicyclic amines) is 1. The molecule has 4 bridgehead atoms. The van der Waals surface area contributed by atoms with Crippen LogP contribution in [0.25, 0.3) is 5.65 Å². The third-order valence-corrected chi connectivity index (χ3v) is 8.41. The predicted octanol–water partition coefficient (Wildman–Crippen LogP) is 5.23. The van der Waals surface area contributed by atoms with E-state index < -0.39 is 11.9 Å². The first-order chi connectivity index (χ1) is 15.3. The summed E-state index contributed by atoms with van der Waals surface area (Å²) < 4.78 is 43.2. The smallest absolute Gasteiger partial charge is 0.337 e. The lowest BCUT2D eigenvalue weighted by atomic mass is 9.49. The first kappa shape index (κ1) is 20.5. The number of halogens is 3. The molecule has 5 nitrogen and oxygen atoms in total. The fraction of sp³-hybridized carbons (Fsp3) is 0.708. The number of aromatic nitrogens is 3. The van der Waals surface area contributed by atoms with Crippen LogP contribution in [0.15, 0.2) is 12.1 Å². The second-order valence-electron chi connectivity index (χ2n) is 10.7. The third-order valence-electron chi connectivity index (χ3n) is 8.41. The maximum absolute atomic E-state index is 14.1. The van der Waals surface area contributed by atoms with E-state index >= 15 is 0 Å². The quantitative estimate of drug-likeness (QED) is 0.635. The van der Waals surface area contributed by atoms with Gasteiger partial charge in [-0.1, -0.05) is 12.8 Å². The van der Waals surface area contributed by atoms with Gasteiger partial charge in [0.05, 0.1) is 5.69 Å². The van der Waals surface area contributed by atoms with Crippen molar-refractivity contribution < 1.29 is 18.0 Å². The highest BCUT2D eigenvalue weighted by atomic mass is 19.4. The highest BCUT2D eigenvalue weighted by molar-refractivity contribution is 5.93. The molecule has 3 heterocycles. The van der Waals surface area contributed by atoms with Crippen LogP contribution in [0.5, 0.6) is 0 Å². The van der Waals surface area contributed by atoms with Gasteiger partial charge in [0.1, 0.15) is 5.69 Å². The van der Waals surface area contributed by atoms with E-state index in [0.29, 0.717) is 36.5 Å². The van der Waals surface area contributed by atoms with Crippen molar-refractivity contribution in [1.82, 2.24) is 19.5 Å². The molecular weight excluding hydrogens is 417 g/mol. The van der Waals surface area contributed by atoms with E-state index in [1.54, 1.807) is 4.90 Å². The largest absolute Gasteiger partial charge is 0.433 e. The van der Waals surface area contributed by atoms with E-state index in [1.807, 2.05) is 0 Å². The molecule has 2 aromatic heterocycles. The second-order valence-corrected chi connectivity index (χ2v) is 10.7. The Morgan fingerprint density at radius 1 is 0.938 bits per heavy atom. The van der Waals surface area contributed by atoms with Gasteiger partial charge >= 0.3 is 6.18 Å². The first-order valence-electron chi connectivity index (χ1n) is 12.1. The summed E-state index contributed by atoms with van der Waals surface area (Å²) >= 11 is 0.